The summed E-state index contributed by atoms with van der Waals surface area (Å²) < 4.78 is 15.2. The van der Waals surface area contributed by atoms with E-state index in [1.54, 1.807) is 48.8 Å². The number of carbonyl (C=O) groups excluding carboxylic acids is 2. The van der Waals surface area contributed by atoms with Crippen molar-refractivity contribution in [3.05, 3.63) is 64.9 Å². The van der Waals surface area contributed by atoms with Gasteiger partial charge in [-0.2, -0.15) is 0 Å². The smallest absolute Gasteiger partial charge is 0.259 e. The second-order valence-corrected chi connectivity index (χ2v) is 7.16. The van der Waals surface area contributed by atoms with Gasteiger partial charge in [0.25, 0.3) is 5.91 Å². The Balaban J connectivity index is 1.58. The lowest BCUT2D eigenvalue weighted by Crippen LogP contribution is -2.55. The summed E-state index contributed by atoms with van der Waals surface area (Å²) in [5.41, 5.74) is -0.420. The van der Waals surface area contributed by atoms with Crippen molar-refractivity contribution in [1.82, 2.24) is 15.2 Å². The Morgan fingerprint density at radius 2 is 1.85 bits per heavy atom. The number of hydrogen-bond acceptors (Lipinski definition) is 3. The first-order valence-electron chi connectivity index (χ1n) is 8.85. The number of pyridine rings is 1. The number of likely N-dealkylation sites (tertiary alicyclic amines) is 1. The van der Waals surface area contributed by atoms with E-state index in [2.05, 4.69) is 10.3 Å². The third-order valence-corrected chi connectivity index (χ3v) is 4.93. The number of hydrogen-bond donors (Lipinski definition) is 1. The Hall–Kier alpha value is -2.47. The average molecular weight is 390 g/mol. The van der Waals surface area contributed by atoms with Crippen LogP contribution in [0.2, 0.25) is 5.02 Å². The van der Waals surface area contributed by atoms with Gasteiger partial charge in [0.2, 0.25) is 11.6 Å². The lowest BCUT2D eigenvalue weighted by molar-refractivity contribution is -0.143. The molecule has 1 N–H and O–H groups in total. The molecule has 27 heavy (non-hydrogen) atoms. The minimum Gasteiger partial charge on any atom is -0.349 e. The summed E-state index contributed by atoms with van der Waals surface area (Å²) in [5, 5.41) is 3.23. The molecule has 2 amide bonds. The zero-order chi connectivity index (χ0) is 19.3. The fraction of sp³-hybridized carbons (Fsp3) is 0.350. The van der Waals surface area contributed by atoms with Crippen molar-refractivity contribution >= 4 is 23.4 Å². The van der Waals surface area contributed by atoms with Gasteiger partial charge >= 0.3 is 0 Å². The summed E-state index contributed by atoms with van der Waals surface area (Å²) in [7, 11) is 0. The van der Waals surface area contributed by atoms with Crippen LogP contribution in [0.25, 0.3) is 0 Å². The van der Waals surface area contributed by atoms with E-state index in [-0.39, 0.29) is 31.8 Å². The maximum absolute atomic E-state index is 15.2. The Labute approximate surface area is 162 Å². The molecule has 1 fully saturated rings. The van der Waals surface area contributed by atoms with Crippen LogP contribution < -0.4 is 5.32 Å². The van der Waals surface area contributed by atoms with E-state index in [0.717, 1.165) is 11.1 Å². The minimum absolute atomic E-state index is 0.111. The molecule has 1 atom stereocenters. The third-order valence-electron chi connectivity index (χ3n) is 4.67. The van der Waals surface area contributed by atoms with Crippen molar-refractivity contribution in [3.8, 4) is 0 Å². The van der Waals surface area contributed by atoms with Crippen molar-refractivity contribution in [1.29, 1.82) is 0 Å². The number of nitrogens with one attached hydrogen (secondary N) is 1. The number of aromatic nitrogens is 1. The van der Waals surface area contributed by atoms with E-state index in [4.69, 9.17) is 11.6 Å². The third kappa shape index (κ3) is 5.04. The van der Waals surface area contributed by atoms with Gasteiger partial charge in [0.05, 0.1) is 13.0 Å². The summed E-state index contributed by atoms with van der Waals surface area (Å²) in [6.45, 7) is 0.461. The zero-order valence-electron chi connectivity index (χ0n) is 14.8. The van der Waals surface area contributed by atoms with E-state index in [1.807, 2.05) is 0 Å². The lowest BCUT2D eigenvalue weighted by atomic mass is 9.93. The van der Waals surface area contributed by atoms with Crippen LogP contribution in [0.15, 0.2) is 48.8 Å². The molecule has 7 heteroatoms. The van der Waals surface area contributed by atoms with E-state index in [1.165, 1.54) is 4.90 Å². The quantitative estimate of drug-likeness (QED) is 0.855. The molecule has 142 valence electrons. The first-order valence-corrected chi connectivity index (χ1v) is 9.22. The number of alkyl halides is 1. The van der Waals surface area contributed by atoms with Gasteiger partial charge in [-0.3, -0.25) is 14.6 Å². The highest BCUT2D eigenvalue weighted by atomic mass is 35.5. The monoisotopic (exact) mass is 389 g/mol. The molecule has 0 unspecified atom stereocenters. The van der Waals surface area contributed by atoms with Gasteiger partial charge in [0.1, 0.15) is 0 Å². The predicted molar refractivity (Wildman–Crippen MR) is 101 cm³/mol. The summed E-state index contributed by atoms with van der Waals surface area (Å²) in [4.78, 5) is 30.3. The summed E-state index contributed by atoms with van der Waals surface area (Å²) >= 11 is 5.85. The first kappa shape index (κ1) is 19.3. The molecule has 1 aromatic heterocycles. The van der Waals surface area contributed by atoms with Gasteiger partial charge in [-0.05, 0) is 48.2 Å². The van der Waals surface area contributed by atoms with Gasteiger partial charge in [0.15, 0.2) is 0 Å². The van der Waals surface area contributed by atoms with Crippen LogP contribution in [-0.4, -0.2) is 40.5 Å². The van der Waals surface area contributed by atoms with Crippen LogP contribution in [0.5, 0.6) is 0 Å². The topological polar surface area (TPSA) is 62.3 Å². The summed E-state index contributed by atoms with van der Waals surface area (Å²) in [6.07, 6.45) is 3.95. The number of carbonyl (C=O) groups is 2. The molecule has 3 rings (SSSR count). The van der Waals surface area contributed by atoms with Crippen LogP contribution in [0.3, 0.4) is 0 Å². The van der Waals surface area contributed by atoms with Crippen molar-refractivity contribution in [3.63, 3.8) is 0 Å². The van der Waals surface area contributed by atoms with Gasteiger partial charge < -0.3 is 10.2 Å². The molecule has 0 bridgehead atoms. The molecule has 0 radical (unpaired) electrons. The number of amides is 2. The van der Waals surface area contributed by atoms with Crippen LogP contribution >= 0.6 is 11.6 Å². The molecule has 0 spiro atoms. The molecule has 5 nitrogen and oxygen atoms in total. The summed E-state index contributed by atoms with van der Waals surface area (Å²) in [6, 6.07) is 10.5. The number of rotatable bonds is 5. The van der Waals surface area contributed by atoms with Gasteiger partial charge in [-0.1, -0.05) is 23.7 Å². The molecule has 2 heterocycles. The second-order valence-electron chi connectivity index (χ2n) is 6.73. The lowest BCUT2D eigenvalue weighted by Gasteiger charge is -2.36. The molecule has 1 aliphatic heterocycles. The van der Waals surface area contributed by atoms with Gasteiger partial charge in [0, 0.05) is 30.5 Å². The van der Waals surface area contributed by atoms with E-state index < -0.39 is 11.6 Å². The molecule has 1 aromatic carbocycles. The van der Waals surface area contributed by atoms with E-state index in [0.29, 0.717) is 18.0 Å². The summed E-state index contributed by atoms with van der Waals surface area (Å²) in [5.74, 6) is -0.871. The standard InChI is InChI=1S/C20H21ClFN3O2/c21-17-4-2-15(3-5-17)12-18(26)25-11-1-8-20(22,14-25)19(27)24-13-16-6-9-23-10-7-16/h2-7,9-10H,1,8,11-14H2,(H,24,27)/t20-/m0/s1. The Bertz CT molecular complexity index is 801. The predicted octanol–water partition coefficient (Wildman–Crippen LogP) is 2.92. The average Bonchev–Trinajstić information content (AvgIpc) is 2.68. The largest absolute Gasteiger partial charge is 0.349 e. The fourth-order valence-corrected chi connectivity index (χ4v) is 3.27. The van der Waals surface area contributed by atoms with Crippen molar-refractivity contribution in [2.75, 3.05) is 13.1 Å². The van der Waals surface area contributed by atoms with Crippen molar-refractivity contribution < 1.29 is 14.0 Å². The van der Waals surface area contributed by atoms with Gasteiger partial charge in [-0.15, -0.1) is 0 Å². The molecule has 1 aliphatic rings. The number of halogens is 2. The normalized spacial score (nSPS) is 19.6. The fourth-order valence-electron chi connectivity index (χ4n) is 3.14. The SMILES string of the molecule is O=C(Cc1ccc(Cl)cc1)N1CCC[C@@](F)(C(=O)NCc2ccncc2)C1. The molecular weight excluding hydrogens is 369 g/mol. The second kappa shape index (κ2) is 8.48. The molecule has 0 aliphatic carbocycles. The van der Waals surface area contributed by atoms with Crippen molar-refractivity contribution in [2.24, 2.45) is 0 Å². The number of benzene rings is 1. The van der Waals surface area contributed by atoms with Crippen LogP contribution in [0.4, 0.5) is 4.39 Å². The molecule has 1 saturated heterocycles. The molecule has 0 saturated carbocycles. The van der Waals surface area contributed by atoms with Gasteiger partial charge in [-0.25, -0.2) is 4.39 Å². The minimum atomic E-state index is -2.07. The highest BCUT2D eigenvalue weighted by molar-refractivity contribution is 6.30. The number of piperidine rings is 1. The van der Waals surface area contributed by atoms with Crippen LogP contribution in [-0.2, 0) is 22.6 Å². The van der Waals surface area contributed by atoms with E-state index in [9.17, 15) is 9.59 Å². The number of nitrogens with zero attached hydrogens (tertiary/aromatic N) is 2. The molecular formula is C20H21ClFN3O2. The maximum Gasteiger partial charge on any atom is 0.259 e. The first-order chi connectivity index (χ1) is 13.0. The Kier molecular flexibility index (Phi) is 6.06. The zero-order valence-corrected chi connectivity index (χ0v) is 15.6. The highest BCUT2D eigenvalue weighted by Gasteiger charge is 2.43. The van der Waals surface area contributed by atoms with Crippen LogP contribution in [0.1, 0.15) is 24.0 Å². The maximum atomic E-state index is 15.2. The highest BCUT2D eigenvalue weighted by Crippen LogP contribution is 2.26. The van der Waals surface area contributed by atoms with Crippen molar-refractivity contribution in [2.45, 2.75) is 31.5 Å². The Morgan fingerprint density at radius 1 is 1.15 bits per heavy atom. The van der Waals surface area contributed by atoms with E-state index >= 15 is 4.39 Å². The Morgan fingerprint density at radius 3 is 2.56 bits per heavy atom. The molecule has 2 aromatic rings. The van der Waals surface area contributed by atoms with Crippen LogP contribution in [0, 0.1) is 0 Å².